The Morgan fingerprint density at radius 3 is 2.69 bits per heavy atom. The summed E-state index contributed by atoms with van der Waals surface area (Å²) in [5.74, 6) is -0.0458. The number of hydrogen-bond donors (Lipinski definition) is 2. The third kappa shape index (κ3) is 6.12. The number of nitrogens with one attached hydrogen (secondary N) is 2. The molecule has 0 saturated heterocycles. The largest absolute Gasteiger partial charge is 0.355 e. The zero-order chi connectivity index (χ0) is 10.1. The van der Waals surface area contributed by atoms with Gasteiger partial charge in [-0.1, -0.05) is 13.8 Å². The van der Waals surface area contributed by atoms with Crippen molar-refractivity contribution in [2.45, 2.75) is 32.7 Å². The van der Waals surface area contributed by atoms with Crippen molar-refractivity contribution in [2.24, 2.45) is 0 Å². The molecule has 0 heterocycles. The van der Waals surface area contributed by atoms with Crippen molar-refractivity contribution in [1.82, 2.24) is 10.6 Å². The minimum absolute atomic E-state index is 0.0458. The zero-order valence-electron chi connectivity index (χ0n) is 8.26. The normalized spacial score (nSPS) is 11.8. The van der Waals surface area contributed by atoms with Gasteiger partial charge < -0.3 is 5.32 Å². The highest BCUT2D eigenvalue weighted by Gasteiger charge is 2.05. The van der Waals surface area contributed by atoms with Gasteiger partial charge in [0.15, 0.2) is 0 Å². The van der Waals surface area contributed by atoms with Gasteiger partial charge in [-0.15, -0.1) is 0 Å². The van der Waals surface area contributed by atoms with Gasteiger partial charge in [0, 0.05) is 6.54 Å². The molecule has 0 aliphatic carbocycles. The summed E-state index contributed by atoms with van der Waals surface area (Å²) in [4.78, 5) is 11.1. The van der Waals surface area contributed by atoms with Crippen LogP contribution in [0.3, 0.4) is 0 Å². The lowest BCUT2D eigenvalue weighted by Gasteiger charge is -2.08. The second-order valence-corrected chi connectivity index (χ2v) is 2.82. The van der Waals surface area contributed by atoms with Crippen molar-refractivity contribution in [1.29, 1.82) is 5.26 Å². The van der Waals surface area contributed by atoms with Crippen molar-refractivity contribution in [3.8, 4) is 6.07 Å². The molecule has 0 spiro atoms. The molecule has 1 amide bonds. The van der Waals surface area contributed by atoms with Gasteiger partial charge in [0.1, 0.15) is 0 Å². The highest BCUT2D eigenvalue weighted by Crippen LogP contribution is 1.86. The smallest absolute Gasteiger partial charge is 0.233 e. The Labute approximate surface area is 79.3 Å². The third-order valence-electron chi connectivity index (χ3n) is 1.65. The van der Waals surface area contributed by atoms with E-state index in [4.69, 9.17) is 5.26 Å². The molecule has 0 aromatic rings. The predicted octanol–water partition coefficient (Wildman–Crippen LogP) is 0.404. The standard InChI is InChI=1S/C9H17N3O/c1-3-5-11-9(13)7-12-8(4-2)6-10/h8,12H,3-5,7H2,1-2H3,(H,11,13). The minimum Gasteiger partial charge on any atom is -0.355 e. The van der Waals surface area contributed by atoms with Crippen LogP contribution in [-0.4, -0.2) is 25.0 Å². The van der Waals surface area contributed by atoms with E-state index in [1.807, 2.05) is 13.8 Å². The van der Waals surface area contributed by atoms with Gasteiger partial charge in [-0.05, 0) is 12.8 Å². The van der Waals surface area contributed by atoms with Gasteiger partial charge in [-0.25, -0.2) is 0 Å². The van der Waals surface area contributed by atoms with Crippen LogP contribution in [0.25, 0.3) is 0 Å². The molecule has 1 unspecified atom stereocenters. The molecule has 4 heteroatoms. The quantitative estimate of drug-likeness (QED) is 0.626. The summed E-state index contributed by atoms with van der Waals surface area (Å²) in [5.41, 5.74) is 0. The first-order valence-electron chi connectivity index (χ1n) is 4.64. The lowest BCUT2D eigenvalue weighted by atomic mass is 10.2. The Kier molecular flexibility index (Phi) is 6.93. The molecule has 0 saturated carbocycles. The van der Waals surface area contributed by atoms with Crippen LogP contribution in [0, 0.1) is 11.3 Å². The van der Waals surface area contributed by atoms with Crippen molar-refractivity contribution in [2.75, 3.05) is 13.1 Å². The number of nitrogens with zero attached hydrogens (tertiary/aromatic N) is 1. The molecular formula is C9H17N3O. The van der Waals surface area contributed by atoms with E-state index < -0.39 is 0 Å². The summed E-state index contributed by atoms with van der Waals surface area (Å²) >= 11 is 0. The van der Waals surface area contributed by atoms with Crippen LogP contribution in [0.5, 0.6) is 0 Å². The first-order chi connectivity index (χ1) is 6.24. The van der Waals surface area contributed by atoms with Gasteiger partial charge in [-0.2, -0.15) is 5.26 Å². The first-order valence-corrected chi connectivity index (χ1v) is 4.64. The van der Waals surface area contributed by atoms with E-state index in [2.05, 4.69) is 16.7 Å². The van der Waals surface area contributed by atoms with Crippen molar-refractivity contribution in [3.05, 3.63) is 0 Å². The number of hydrogen-bond acceptors (Lipinski definition) is 3. The fourth-order valence-corrected chi connectivity index (χ4v) is 0.824. The predicted molar refractivity (Wildman–Crippen MR) is 51.0 cm³/mol. The number of carbonyl (C=O) groups excluding carboxylic acids is 1. The molecule has 0 aliphatic heterocycles. The van der Waals surface area contributed by atoms with Crippen LogP contribution in [0.15, 0.2) is 0 Å². The summed E-state index contributed by atoms with van der Waals surface area (Å²) in [7, 11) is 0. The molecule has 0 aromatic heterocycles. The second kappa shape index (κ2) is 7.56. The minimum atomic E-state index is -0.215. The van der Waals surface area contributed by atoms with Gasteiger partial charge in [0.05, 0.1) is 18.7 Å². The highest BCUT2D eigenvalue weighted by atomic mass is 16.1. The first kappa shape index (κ1) is 11.9. The molecule has 4 nitrogen and oxygen atoms in total. The highest BCUT2D eigenvalue weighted by molar-refractivity contribution is 5.77. The molecule has 0 aliphatic rings. The van der Waals surface area contributed by atoms with Gasteiger partial charge >= 0.3 is 0 Å². The van der Waals surface area contributed by atoms with Crippen LogP contribution < -0.4 is 10.6 Å². The molecule has 0 radical (unpaired) electrons. The zero-order valence-corrected chi connectivity index (χ0v) is 8.26. The van der Waals surface area contributed by atoms with Crippen molar-refractivity contribution < 1.29 is 4.79 Å². The Bertz CT molecular complexity index is 186. The summed E-state index contributed by atoms with van der Waals surface area (Å²) in [6.07, 6.45) is 1.65. The summed E-state index contributed by atoms with van der Waals surface area (Å²) in [6.45, 7) is 4.83. The van der Waals surface area contributed by atoms with Crippen molar-refractivity contribution in [3.63, 3.8) is 0 Å². The van der Waals surface area contributed by atoms with Gasteiger partial charge in [-0.3, -0.25) is 10.1 Å². The fourth-order valence-electron chi connectivity index (χ4n) is 0.824. The summed E-state index contributed by atoms with van der Waals surface area (Å²) in [6, 6.07) is 1.86. The van der Waals surface area contributed by atoms with Crippen LogP contribution in [0.2, 0.25) is 0 Å². The van der Waals surface area contributed by atoms with Crippen LogP contribution >= 0.6 is 0 Å². The summed E-state index contributed by atoms with van der Waals surface area (Å²) in [5, 5.41) is 14.2. The third-order valence-corrected chi connectivity index (χ3v) is 1.65. The molecule has 0 rings (SSSR count). The molecule has 0 fully saturated rings. The van der Waals surface area contributed by atoms with E-state index in [1.54, 1.807) is 0 Å². The fraction of sp³-hybridized carbons (Fsp3) is 0.778. The summed E-state index contributed by atoms with van der Waals surface area (Å²) < 4.78 is 0. The maximum atomic E-state index is 11.1. The molecular weight excluding hydrogens is 166 g/mol. The Hall–Kier alpha value is -1.08. The lowest BCUT2D eigenvalue weighted by molar-refractivity contribution is -0.120. The Morgan fingerprint density at radius 1 is 1.54 bits per heavy atom. The van der Waals surface area contributed by atoms with Crippen LogP contribution in [-0.2, 0) is 4.79 Å². The van der Waals surface area contributed by atoms with Crippen LogP contribution in [0.1, 0.15) is 26.7 Å². The average Bonchev–Trinajstić information content (AvgIpc) is 2.16. The number of rotatable bonds is 6. The van der Waals surface area contributed by atoms with E-state index in [-0.39, 0.29) is 18.5 Å². The molecule has 2 N–H and O–H groups in total. The molecule has 13 heavy (non-hydrogen) atoms. The SMILES string of the molecule is CCCNC(=O)CNC(C#N)CC. The van der Waals surface area contributed by atoms with E-state index in [1.165, 1.54) is 0 Å². The Balaban J connectivity index is 3.51. The van der Waals surface area contributed by atoms with E-state index in [0.717, 1.165) is 12.8 Å². The average molecular weight is 183 g/mol. The molecule has 74 valence electrons. The van der Waals surface area contributed by atoms with Crippen LogP contribution in [0.4, 0.5) is 0 Å². The molecule has 0 aromatic carbocycles. The maximum Gasteiger partial charge on any atom is 0.233 e. The van der Waals surface area contributed by atoms with E-state index >= 15 is 0 Å². The topological polar surface area (TPSA) is 64.9 Å². The van der Waals surface area contributed by atoms with Gasteiger partial charge in [0.2, 0.25) is 5.91 Å². The van der Waals surface area contributed by atoms with E-state index in [0.29, 0.717) is 6.54 Å². The monoisotopic (exact) mass is 183 g/mol. The number of carbonyl (C=O) groups is 1. The number of nitriles is 1. The molecule has 1 atom stereocenters. The number of amides is 1. The van der Waals surface area contributed by atoms with E-state index in [9.17, 15) is 4.79 Å². The van der Waals surface area contributed by atoms with Gasteiger partial charge in [0.25, 0.3) is 0 Å². The molecule has 0 bridgehead atoms. The Morgan fingerprint density at radius 2 is 2.23 bits per heavy atom. The maximum absolute atomic E-state index is 11.1. The lowest BCUT2D eigenvalue weighted by Crippen LogP contribution is -2.38. The second-order valence-electron chi connectivity index (χ2n) is 2.82. The van der Waals surface area contributed by atoms with Crippen molar-refractivity contribution >= 4 is 5.91 Å².